The molecule has 2 amide bonds. The van der Waals surface area contributed by atoms with Crippen molar-refractivity contribution in [3.05, 3.63) is 95.2 Å². The Labute approximate surface area is 223 Å². The second kappa shape index (κ2) is 12.5. The van der Waals surface area contributed by atoms with Crippen LogP contribution in [0.5, 0.6) is 0 Å². The van der Waals surface area contributed by atoms with Crippen LogP contribution >= 0.6 is 0 Å². The van der Waals surface area contributed by atoms with Crippen LogP contribution in [0, 0.1) is 0 Å². The molecule has 38 heavy (non-hydrogen) atoms. The average Bonchev–Trinajstić information content (AvgIpc) is 3.46. The van der Waals surface area contributed by atoms with Gasteiger partial charge in [-0.15, -0.1) is 0 Å². The molecule has 2 aliphatic heterocycles. The average molecular weight is 539 g/mol. The molecule has 2 aliphatic rings. The maximum absolute atomic E-state index is 13.5. The van der Waals surface area contributed by atoms with Gasteiger partial charge in [-0.2, -0.15) is 13.1 Å². The van der Waals surface area contributed by atoms with Crippen LogP contribution in [-0.4, -0.2) is 63.4 Å². The molecule has 2 aromatic rings. The Kier molecular flexibility index (Phi) is 9.08. The summed E-state index contributed by atoms with van der Waals surface area (Å²) in [7, 11) is -4.22. The summed E-state index contributed by atoms with van der Waals surface area (Å²) < 4.78 is 26.6. The largest absolute Gasteiger partial charge is 0.351 e. The summed E-state index contributed by atoms with van der Waals surface area (Å²) in [6.45, 7) is 1.42. The highest BCUT2D eigenvalue weighted by atomic mass is 32.2. The summed E-state index contributed by atoms with van der Waals surface area (Å²) >= 11 is 0. The molecule has 0 saturated carbocycles. The molecule has 11 heteroatoms. The predicted octanol–water partition coefficient (Wildman–Crippen LogP) is 0.460. The van der Waals surface area contributed by atoms with Crippen LogP contribution in [-0.2, 0) is 19.8 Å². The van der Waals surface area contributed by atoms with Crippen molar-refractivity contribution in [2.45, 2.75) is 30.8 Å². The summed E-state index contributed by atoms with van der Waals surface area (Å²) in [5.74, 6) is -1.22. The molecule has 4 rings (SSSR count). The Morgan fingerprint density at radius 3 is 2.18 bits per heavy atom. The van der Waals surface area contributed by atoms with Crippen molar-refractivity contribution in [3.63, 3.8) is 0 Å². The lowest BCUT2D eigenvalue weighted by Crippen LogP contribution is -2.52. The Balaban J connectivity index is 1.55. The second-order valence-electron chi connectivity index (χ2n) is 9.42. The first-order valence-electron chi connectivity index (χ1n) is 12.6. The number of nitrogens with two attached hydrogens (primary N) is 2. The lowest BCUT2D eigenvalue weighted by atomic mass is 9.85. The van der Waals surface area contributed by atoms with Gasteiger partial charge in [0.05, 0.1) is 6.04 Å². The molecule has 2 atom stereocenters. The minimum absolute atomic E-state index is 0.0434. The topological polar surface area (TPSA) is 160 Å². The summed E-state index contributed by atoms with van der Waals surface area (Å²) in [5.41, 5.74) is 8.88. The Bertz CT molecular complexity index is 1250. The fourth-order valence-corrected chi connectivity index (χ4v) is 5.51. The van der Waals surface area contributed by atoms with Gasteiger partial charge in [-0.25, -0.2) is 5.14 Å². The molecule has 0 aromatic heterocycles. The van der Waals surface area contributed by atoms with Gasteiger partial charge in [0.1, 0.15) is 6.04 Å². The molecule has 0 radical (unpaired) electrons. The third-order valence-electron chi connectivity index (χ3n) is 6.77. The van der Waals surface area contributed by atoms with Crippen molar-refractivity contribution in [2.24, 2.45) is 10.9 Å². The lowest BCUT2D eigenvalue weighted by Gasteiger charge is -2.31. The Hall–Kier alpha value is -3.35. The van der Waals surface area contributed by atoms with Gasteiger partial charge < -0.3 is 21.3 Å². The fourth-order valence-electron chi connectivity index (χ4n) is 4.92. The van der Waals surface area contributed by atoms with Gasteiger partial charge in [0.2, 0.25) is 11.8 Å². The normalized spacial score (nSPS) is 18.6. The molecule has 0 aliphatic carbocycles. The highest BCUT2D eigenvalue weighted by Gasteiger charge is 2.34. The number of amides is 2. The van der Waals surface area contributed by atoms with Crippen molar-refractivity contribution in [1.29, 1.82) is 0 Å². The van der Waals surface area contributed by atoms with Gasteiger partial charge in [-0.05, 0) is 42.2 Å². The first-order valence-corrected chi connectivity index (χ1v) is 14.1. The first-order chi connectivity index (χ1) is 18.3. The van der Waals surface area contributed by atoms with Gasteiger partial charge >= 0.3 is 0 Å². The van der Waals surface area contributed by atoms with Gasteiger partial charge in [0.25, 0.3) is 10.2 Å². The number of nitrogens with one attached hydrogen (secondary N) is 3. The van der Waals surface area contributed by atoms with Gasteiger partial charge in [-0.3, -0.25) is 9.59 Å². The molecule has 2 aromatic carbocycles. The monoisotopic (exact) mass is 538 g/mol. The van der Waals surface area contributed by atoms with E-state index in [0.717, 1.165) is 36.1 Å². The number of rotatable bonds is 10. The van der Waals surface area contributed by atoms with Crippen molar-refractivity contribution < 1.29 is 18.0 Å². The Morgan fingerprint density at radius 1 is 1.03 bits per heavy atom. The number of carbonyl (C=O) groups excluding carboxylic acids is 2. The van der Waals surface area contributed by atoms with E-state index in [1.54, 1.807) is 11.0 Å². The van der Waals surface area contributed by atoms with E-state index in [-0.39, 0.29) is 31.6 Å². The van der Waals surface area contributed by atoms with Gasteiger partial charge in [0, 0.05) is 31.2 Å². The SMILES string of the molecule is NCC1=CC=C(CNC(=O)[C@H](NS(N)(=O)=O)C(c2ccccc2)c2ccccc2)CN1C(=O)[C@@H]1CCCN1. The molecular formula is C27H34N6O4S. The molecule has 2 heterocycles. The van der Waals surface area contributed by atoms with Crippen molar-refractivity contribution in [3.8, 4) is 0 Å². The van der Waals surface area contributed by atoms with E-state index in [1.807, 2.05) is 66.7 Å². The van der Waals surface area contributed by atoms with E-state index >= 15 is 0 Å². The van der Waals surface area contributed by atoms with E-state index in [9.17, 15) is 18.0 Å². The molecule has 1 saturated heterocycles. The fraction of sp³-hybridized carbons (Fsp3) is 0.333. The van der Waals surface area contributed by atoms with Crippen LogP contribution in [0.25, 0.3) is 0 Å². The predicted molar refractivity (Wildman–Crippen MR) is 146 cm³/mol. The summed E-state index contributed by atoms with van der Waals surface area (Å²) in [6, 6.07) is 16.9. The number of hydrogen-bond acceptors (Lipinski definition) is 6. The highest BCUT2D eigenvalue weighted by Crippen LogP contribution is 2.29. The number of allylic oxidation sites excluding steroid dienone is 2. The van der Waals surface area contributed by atoms with Crippen molar-refractivity contribution in [2.75, 3.05) is 26.2 Å². The van der Waals surface area contributed by atoms with Crippen LogP contribution in [0.3, 0.4) is 0 Å². The number of hydrogen-bond donors (Lipinski definition) is 5. The molecule has 1 fully saturated rings. The molecule has 0 spiro atoms. The molecule has 202 valence electrons. The van der Waals surface area contributed by atoms with E-state index < -0.39 is 28.1 Å². The minimum Gasteiger partial charge on any atom is -0.351 e. The van der Waals surface area contributed by atoms with E-state index in [0.29, 0.717) is 5.70 Å². The van der Waals surface area contributed by atoms with Gasteiger partial charge in [0.15, 0.2) is 0 Å². The lowest BCUT2D eigenvalue weighted by molar-refractivity contribution is -0.130. The molecule has 0 bridgehead atoms. The van der Waals surface area contributed by atoms with Gasteiger partial charge in [-0.1, -0.05) is 66.7 Å². The van der Waals surface area contributed by atoms with Crippen molar-refractivity contribution >= 4 is 22.0 Å². The molecule has 10 nitrogen and oxygen atoms in total. The zero-order chi connectivity index (χ0) is 27.1. The third-order valence-corrected chi connectivity index (χ3v) is 7.35. The minimum atomic E-state index is -4.22. The van der Waals surface area contributed by atoms with Crippen LogP contribution in [0.2, 0.25) is 0 Å². The van der Waals surface area contributed by atoms with E-state index in [2.05, 4.69) is 15.4 Å². The van der Waals surface area contributed by atoms with Crippen LogP contribution in [0.1, 0.15) is 29.9 Å². The number of nitrogens with zero attached hydrogens (tertiary/aromatic N) is 1. The standard InChI is InChI=1S/C27H34N6O4S/c28-16-22-14-13-19(18-33(22)27(35)23-12-7-15-30-23)17-31-26(34)25(32-38(29,36)37)24(20-8-3-1-4-9-20)21-10-5-2-6-11-21/h1-6,8-11,13-14,23-25,30,32H,7,12,15-18,28H2,(H,31,34)(H2,29,36,37)/t23-,25+/m0/s1. The first kappa shape index (κ1) is 27.7. The number of benzene rings is 2. The van der Waals surface area contributed by atoms with E-state index in [4.69, 9.17) is 10.9 Å². The maximum atomic E-state index is 13.5. The van der Waals surface area contributed by atoms with Crippen LogP contribution < -0.4 is 26.2 Å². The van der Waals surface area contributed by atoms with Crippen molar-refractivity contribution in [1.82, 2.24) is 20.3 Å². The number of carbonyl (C=O) groups is 2. The molecular weight excluding hydrogens is 504 g/mol. The van der Waals surface area contributed by atoms with E-state index in [1.165, 1.54) is 0 Å². The maximum Gasteiger partial charge on any atom is 0.275 e. The zero-order valence-corrected chi connectivity index (χ0v) is 21.9. The molecule has 7 N–H and O–H groups in total. The summed E-state index contributed by atoms with van der Waals surface area (Å²) in [6.07, 6.45) is 5.33. The van der Waals surface area contributed by atoms with Crippen LogP contribution in [0.15, 0.2) is 84.1 Å². The quantitative estimate of drug-likeness (QED) is 0.295. The highest BCUT2D eigenvalue weighted by molar-refractivity contribution is 7.87. The summed E-state index contributed by atoms with van der Waals surface area (Å²) in [4.78, 5) is 28.3. The summed E-state index contributed by atoms with van der Waals surface area (Å²) in [5, 5.41) is 11.4. The van der Waals surface area contributed by atoms with Crippen LogP contribution in [0.4, 0.5) is 0 Å². The third kappa shape index (κ3) is 6.94. The zero-order valence-electron chi connectivity index (χ0n) is 21.0. The Morgan fingerprint density at radius 2 is 1.66 bits per heavy atom. The second-order valence-corrected chi connectivity index (χ2v) is 10.7. The smallest absolute Gasteiger partial charge is 0.275 e. The molecule has 0 unspecified atom stereocenters.